The fourth-order valence-corrected chi connectivity index (χ4v) is 4.27. The van der Waals surface area contributed by atoms with Gasteiger partial charge in [-0.05, 0) is 45.2 Å². The van der Waals surface area contributed by atoms with Crippen LogP contribution in [0.4, 0.5) is 13.2 Å². The van der Waals surface area contributed by atoms with Gasteiger partial charge in [-0.15, -0.1) is 24.0 Å². The molecule has 0 unspecified atom stereocenters. The van der Waals surface area contributed by atoms with E-state index in [4.69, 9.17) is 0 Å². The van der Waals surface area contributed by atoms with Crippen molar-refractivity contribution in [3.05, 3.63) is 0 Å². The molecule has 0 radical (unpaired) electrons. The lowest BCUT2D eigenvalue weighted by Crippen LogP contribution is -2.47. The minimum absolute atomic E-state index is 0. The normalized spacial score (nSPS) is 17.9. The first-order chi connectivity index (χ1) is 12.8. The van der Waals surface area contributed by atoms with E-state index in [-0.39, 0.29) is 48.4 Å². The Labute approximate surface area is 189 Å². The van der Waals surface area contributed by atoms with Crippen LogP contribution < -0.4 is 10.6 Å². The first-order valence-corrected chi connectivity index (χ1v) is 11.0. The molecule has 0 atom stereocenters. The zero-order valence-corrected chi connectivity index (χ0v) is 21.0. The van der Waals surface area contributed by atoms with Gasteiger partial charge in [0.05, 0.1) is 0 Å². The Kier molecular flexibility index (Phi) is 11.8. The summed E-state index contributed by atoms with van der Waals surface area (Å²) < 4.78 is 61.4. The first-order valence-electron chi connectivity index (χ1n) is 9.52. The Hall–Kier alpha value is -0.340. The number of halogens is 4. The Morgan fingerprint density at radius 3 is 2.17 bits per heavy atom. The van der Waals surface area contributed by atoms with Crippen LogP contribution in [0.25, 0.3) is 0 Å². The molecule has 29 heavy (non-hydrogen) atoms. The average molecular weight is 557 g/mol. The van der Waals surface area contributed by atoms with E-state index in [0.29, 0.717) is 42.7 Å². The number of hydrogen-bond acceptors (Lipinski definition) is 4. The van der Waals surface area contributed by atoms with Gasteiger partial charge in [0.25, 0.3) is 0 Å². The van der Waals surface area contributed by atoms with Crippen molar-refractivity contribution >= 4 is 40.0 Å². The lowest BCUT2D eigenvalue weighted by atomic mass is 9.93. The van der Waals surface area contributed by atoms with Gasteiger partial charge in [0.1, 0.15) is 0 Å². The lowest BCUT2D eigenvalue weighted by Gasteiger charge is -2.32. The predicted octanol–water partition coefficient (Wildman–Crippen LogP) is 2.31. The van der Waals surface area contributed by atoms with Crippen molar-refractivity contribution < 1.29 is 21.6 Å². The van der Waals surface area contributed by atoms with Crippen LogP contribution in [0.3, 0.4) is 0 Å². The Bertz CT molecular complexity index is 619. The second-order valence-electron chi connectivity index (χ2n) is 8.27. The van der Waals surface area contributed by atoms with Crippen LogP contribution in [0.2, 0.25) is 0 Å². The third-order valence-corrected chi connectivity index (χ3v) is 6.15. The summed E-state index contributed by atoms with van der Waals surface area (Å²) in [5.74, 6) is 0.762. The smallest absolute Gasteiger partial charge is 0.357 e. The molecule has 1 rings (SSSR count). The van der Waals surface area contributed by atoms with Crippen molar-refractivity contribution in [1.29, 1.82) is 0 Å². The number of aliphatic imine (C=N–C) groups is 1. The molecule has 0 spiro atoms. The Balaban J connectivity index is 0.00000784. The minimum atomic E-state index is -5.23. The van der Waals surface area contributed by atoms with Gasteiger partial charge in [0.2, 0.25) is 0 Å². The van der Waals surface area contributed by atoms with E-state index < -0.39 is 15.5 Å². The summed E-state index contributed by atoms with van der Waals surface area (Å²) in [5, 5.41) is 6.41. The van der Waals surface area contributed by atoms with Crippen molar-refractivity contribution in [2.24, 2.45) is 16.3 Å². The Morgan fingerprint density at radius 2 is 1.72 bits per heavy atom. The molecular formula is C17H35F3IN5O2S. The van der Waals surface area contributed by atoms with Crippen molar-refractivity contribution in [1.82, 2.24) is 19.8 Å². The first kappa shape index (κ1) is 28.7. The molecule has 1 heterocycles. The van der Waals surface area contributed by atoms with Crippen LogP contribution >= 0.6 is 24.0 Å². The highest BCUT2D eigenvalue weighted by atomic mass is 127. The fraction of sp³-hybridized carbons (Fsp3) is 0.941. The standard InChI is InChI=1S/C17H34F3N5O2S.HI/c1-6-21-15(23-12-16(2,3)13-24(4)5)22-11-14-7-9-25(10-8-14)28(26,27)17(18,19)20;/h14H,6-13H2,1-5H3,(H2,21,22,23);1H. The molecule has 1 aliphatic rings. The highest BCUT2D eigenvalue weighted by Crippen LogP contribution is 2.30. The number of nitrogens with zero attached hydrogens (tertiary/aromatic N) is 3. The maximum atomic E-state index is 12.6. The largest absolute Gasteiger partial charge is 0.511 e. The van der Waals surface area contributed by atoms with Gasteiger partial charge in [-0.1, -0.05) is 13.8 Å². The molecule has 2 N–H and O–H groups in total. The second-order valence-corrected chi connectivity index (χ2v) is 10.2. The van der Waals surface area contributed by atoms with Crippen LogP contribution in [-0.4, -0.2) is 82.5 Å². The number of nitrogens with one attached hydrogen (secondary N) is 2. The van der Waals surface area contributed by atoms with E-state index in [0.717, 1.165) is 6.54 Å². The number of alkyl halides is 3. The van der Waals surface area contributed by atoms with E-state index in [1.807, 2.05) is 21.0 Å². The molecule has 0 aliphatic carbocycles. The van der Waals surface area contributed by atoms with Crippen LogP contribution in [0.1, 0.15) is 33.6 Å². The molecular weight excluding hydrogens is 522 g/mol. The summed E-state index contributed by atoms with van der Waals surface area (Å²) in [6, 6.07) is 0. The molecule has 7 nitrogen and oxygen atoms in total. The second kappa shape index (κ2) is 11.9. The quantitative estimate of drug-likeness (QED) is 0.272. The van der Waals surface area contributed by atoms with Crippen molar-refractivity contribution in [3.63, 3.8) is 0 Å². The van der Waals surface area contributed by atoms with Crippen molar-refractivity contribution in [2.45, 2.75) is 39.1 Å². The van der Waals surface area contributed by atoms with Crippen LogP contribution in [-0.2, 0) is 10.0 Å². The molecule has 0 bridgehead atoms. The zero-order chi connectivity index (χ0) is 21.6. The molecule has 0 aromatic rings. The van der Waals surface area contributed by atoms with Crippen LogP contribution in [0, 0.1) is 11.3 Å². The van der Waals surface area contributed by atoms with E-state index in [1.54, 1.807) is 0 Å². The molecule has 0 saturated carbocycles. The predicted molar refractivity (Wildman–Crippen MR) is 121 cm³/mol. The third-order valence-electron chi connectivity index (χ3n) is 4.52. The van der Waals surface area contributed by atoms with Crippen LogP contribution in [0.5, 0.6) is 0 Å². The van der Waals surface area contributed by atoms with Gasteiger partial charge in [-0.3, -0.25) is 4.99 Å². The summed E-state index contributed by atoms with van der Waals surface area (Å²) in [5.41, 5.74) is -5.23. The van der Waals surface area contributed by atoms with Crippen LogP contribution in [0.15, 0.2) is 4.99 Å². The molecule has 0 aromatic carbocycles. The van der Waals surface area contributed by atoms with Gasteiger partial charge in [0.15, 0.2) is 5.96 Å². The molecule has 0 amide bonds. The molecule has 1 saturated heterocycles. The Morgan fingerprint density at radius 1 is 1.17 bits per heavy atom. The van der Waals surface area contributed by atoms with Gasteiger partial charge in [-0.2, -0.15) is 17.5 Å². The van der Waals surface area contributed by atoms with E-state index in [1.165, 1.54) is 0 Å². The summed E-state index contributed by atoms with van der Waals surface area (Å²) >= 11 is 0. The van der Waals surface area contributed by atoms with Gasteiger partial charge < -0.3 is 15.5 Å². The van der Waals surface area contributed by atoms with E-state index in [9.17, 15) is 21.6 Å². The zero-order valence-electron chi connectivity index (χ0n) is 17.8. The molecule has 12 heteroatoms. The highest BCUT2D eigenvalue weighted by Gasteiger charge is 2.50. The summed E-state index contributed by atoms with van der Waals surface area (Å²) in [6.45, 7) is 8.76. The SMILES string of the molecule is CCNC(=NCC(C)(C)CN(C)C)NCC1CCN(S(=O)(=O)C(F)(F)F)CC1.I. The summed E-state index contributed by atoms with van der Waals surface area (Å²) in [4.78, 5) is 6.73. The van der Waals surface area contributed by atoms with Crippen molar-refractivity contribution in [3.8, 4) is 0 Å². The van der Waals surface area contributed by atoms with Gasteiger partial charge in [-0.25, -0.2) is 8.42 Å². The lowest BCUT2D eigenvalue weighted by molar-refractivity contribution is -0.0496. The monoisotopic (exact) mass is 557 g/mol. The third kappa shape index (κ3) is 9.55. The number of rotatable bonds is 8. The molecule has 1 aliphatic heterocycles. The molecule has 0 aromatic heterocycles. The minimum Gasteiger partial charge on any atom is -0.357 e. The summed E-state index contributed by atoms with van der Waals surface area (Å²) in [6.07, 6.45) is 0.766. The maximum Gasteiger partial charge on any atom is 0.511 e. The van der Waals surface area contributed by atoms with Gasteiger partial charge >= 0.3 is 15.5 Å². The van der Waals surface area contributed by atoms with E-state index >= 15 is 0 Å². The number of piperidine rings is 1. The number of hydrogen-bond donors (Lipinski definition) is 2. The highest BCUT2D eigenvalue weighted by molar-refractivity contribution is 14.0. The van der Waals surface area contributed by atoms with Gasteiger partial charge in [0, 0.05) is 39.3 Å². The number of guanidine groups is 1. The van der Waals surface area contributed by atoms with Crippen molar-refractivity contribution in [2.75, 3.05) is 53.4 Å². The molecule has 1 fully saturated rings. The summed E-state index contributed by atoms with van der Waals surface area (Å²) in [7, 11) is -1.20. The number of sulfonamides is 1. The topological polar surface area (TPSA) is 77.0 Å². The average Bonchev–Trinajstić information content (AvgIpc) is 2.55. The fourth-order valence-electron chi connectivity index (χ4n) is 3.28. The van der Waals surface area contributed by atoms with E-state index in [2.05, 4.69) is 34.4 Å². The maximum absolute atomic E-state index is 12.6. The molecule has 174 valence electrons.